The van der Waals surface area contributed by atoms with Gasteiger partial charge in [0.1, 0.15) is 0 Å². The molecule has 2 aromatic carbocycles. The monoisotopic (exact) mass is 481 g/mol. The number of ether oxygens (including phenoxy) is 1. The minimum Gasteiger partial charge on any atom is -0.377 e. The Labute approximate surface area is 180 Å². The smallest absolute Gasteiger partial charge is 0.190 e. The van der Waals surface area contributed by atoms with Crippen LogP contribution in [0.15, 0.2) is 65.7 Å². The Balaban J connectivity index is 0.00000364. The summed E-state index contributed by atoms with van der Waals surface area (Å²) in [6.07, 6.45) is 4.30. The molecule has 0 radical (unpaired) electrons. The Bertz CT molecular complexity index is 620. The van der Waals surface area contributed by atoms with E-state index in [1.807, 2.05) is 25.2 Å². The van der Waals surface area contributed by atoms with Crippen molar-refractivity contribution in [1.29, 1.82) is 0 Å². The maximum Gasteiger partial charge on any atom is 0.190 e. The van der Waals surface area contributed by atoms with Gasteiger partial charge < -0.3 is 15.4 Å². The summed E-state index contributed by atoms with van der Waals surface area (Å²) in [5, 5.41) is 6.73. The Morgan fingerprint density at radius 3 is 2.04 bits per heavy atom. The predicted molar refractivity (Wildman–Crippen MR) is 125 cm³/mol. The highest BCUT2D eigenvalue weighted by atomic mass is 127. The van der Waals surface area contributed by atoms with Crippen molar-refractivity contribution >= 4 is 29.9 Å². The molecule has 0 aromatic heterocycles. The molecule has 2 rings (SSSR count). The predicted octanol–water partition coefficient (Wildman–Crippen LogP) is 4.40. The Hall–Kier alpha value is -1.60. The molecule has 5 heteroatoms. The van der Waals surface area contributed by atoms with E-state index in [2.05, 4.69) is 58.1 Å². The lowest BCUT2D eigenvalue weighted by molar-refractivity contribution is 0.117. The molecule has 27 heavy (non-hydrogen) atoms. The number of aliphatic imine (C=N–C) groups is 1. The van der Waals surface area contributed by atoms with Crippen LogP contribution in [0.25, 0.3) is 0 Å². The standard InChI is InChI=1S/C22H31N3O.HI/c1-23-22(25-17-10-15-20-11-4-2-5-12-20)24-16-8-9-18-26-19-21-13-6-3-7-14-21;/h2-7,11-14H,8-10,15-19H2,1H3,(H2,23,24,25);1H. The number of nitrogens with zero attached hydrogens (tertiary/aromatic N) is 1. The van der Waals surface area contributed by atoms with Crippen molar-refractivity contribution < 1.29 is 4.74 Å². The summed E-state index contributed by atoms with van der Waals surface area (Å²) in [5.74, 6) is 0.878. The molecule has 0 unspecified atom stereocenters. The molecule has 0 aliphatic heterocycles. The topological polar surface area (TPSA) is 45.7 Å². The summed E-state index contributed by atoms with van der Waals surface area (Å²) >= 11 is 0. The first kappa shape index (κ1) is 23.4. The Morgan fingerprint density at radius 1 is 0.815 bits per heavy atom. The van der Waals surface area contributed by atoms with Crippen molar-refractivity contribution in [3.8, 4) is 0 Å². The van der Waals surface area contributed by atoms with Gasteiger partial charge in [0.05, 0.1) is 6.61 Å². The first-order valence-electron chi connectivity index (χ1n) is 9.48. The summed E-state index contributed by atoms with van der Waals surface area (Å²) in [6, 6.07) is 20.9. The van der Waals surface area contributed by atoms with Gasteiger partial charge in [-0.15, -0.1) is 24.0 Å². The molecule has 4 nitrogen and oxygen atoms in total. The second-order valence-electron chi connectivity index (χ2n) is 6.26. The molecule has 0 atom stereocenters. The second kappa shape index (κ2) is 15.5. The number of halogens is 1. The van der Waals surface area contributed by atoms with Crippen LogP contribution in [0.4, 0.5) is 0 Å². The zero-order chi connectivity index (χ0) is 18.3. The molecule has 0 spiro atoms. The van der Waals surface area contributed by atoms with E-state index in [0.29, 0.717) is 6.61 Å². The first-order chi connectivity index (χ1) is 12.9. The SMILES string of the molecule is CN=C(NCCCCOCc1ccccc1)NCCCc1ccccc1.I. The van der Waals surface area contributed by atoms with Gasteiger partial charge in [0, 0.05) is 26.7 Å². The highest BCUT2D eigenvalue weighted by Crippen LogP contribution is 2.02. The summed E-state index contributed by atoms with van der Waals surface area (Å²) in [4.78, 5) is 4.27. The fraction of sp³-hybridized carbons (Fsp3) is 0.409. The highest BCUT2D eigenvalue weighted by Gasteiger charge is 1.98. The van der Waals surface area contributed by atoms with Gasteiger partial charge in [0.25, 0.3) is 0 Å². The van der Waals surface area contributed by atoms with Crippen molar-refractivity contribution in [3.05, 3.63) is 71.8 Å². The summed E-state index contributed by atoms with van der Waals surface area (Å²) in [5.41, 5.74) is 2.61. The third-order valence-electron chi connectivity index (χ3n) is 4.12. The molecule has 0 aliphatic rings. The first-order valence-corrected chi connectivity index (χ1v) is 9.48. The average molecular weight is 481 g/mol. The van der Waals surface area contributed by atoms with E-state index in [1.165, 1.54) is 11.1 Å². The maximum atomic E-state index is 5.70. The van der Waals surface area contributed by atoms with Gasteiger partial charge in [0.15, 0.2) is 5.96 Å². The Morgan fingerprint density at radius 2 is 1.41 bits per heavy atom. The molecule has 2 N–H and O–H groups in total. The van der Waals surface area contributed by atoms with Crippen LogP contribution >= 0.6 is 24.0 Å². The van der Waals surface area contributed by atoms with Crippen molar-refractivity contribution in [2.24, 2.45) is 4.99 Å². The van der Waals surface area contributed by atoms with Gasteiger partial charge in [-0.1, -0.05) is 60.7 Å². The van der Waals surface area contributed by atoms with Crippen LogP contribution in [0, 0.1) is 0 Å². The lowest BCUT2D eigenvalue weighted by Gasteiger charge is -2.12. The highest BCUT2D eigenvalue weighted by molar-refractivity contribution is 14.0. The van der Waals surface area contributed by atoms with Crippen molar-refractivity contribution in [1.82, 2.24) is 10.6 Å². The molecular formula is C22H32IN3O. The van der Waals surface area contributed by atoms with Crippen molar-refractivity contribution in [2.45, 2.75) is 32.3 Å². The van der Waals surface area contributed by atoms with E-state index in [-0.39, 0.29) is 24.0 Å². The van der Waals surface area contributed by atoms with E-state index in [1.54, 1.807) is 0 Å². The molecule has 0 fully saturated rings. The van der Waals surface area contributed by atoms with E-state index in [9.17, 15) is 0 Å². The molecule has 2 aromatic rings. The number of benzene rings is 2. The lowest BCUT2D eigenvalue weighted by Crippen LogP contribution is -2.38. The fourth-order valence-corrected chi connectivity index (χ4v) is 2.66. The van der Waals surface area contributed by atoms with E-state index < -0.39 is 0 Å². The van der Waals surface area contributed by atoms with Gasteiger partial charge in [-0.25, -0.2) is 0 Å². The Kier molecular flexibility index (Phi) is 13.4. The number of nitrogens with one attached hydrogen (secondary N) is 2. The molecular weight excluding hydrogens is 449 g/mol. The molecule has 0 bridgehead atoms. The number of unbranched alkanes of at least 4 members (excludes halogenated alkanes) is 1. The molecule has 0 heterocycles. The zero-order valence-electron chi connectivity index (χ0n) is 16.2. The number of hydrogen-bond acceptors (Lipinski definition) is 2. The van der Waals surface area contributed by atoms with Gasteiger partial charge in [-0.3, -0.25) is 4.99 Å². The average Bonchev–Trinajstić information content (AvgIpc) is 2.70. The second-order valence-corrected chi connectivity index (χ2v) is 6.26. The summed E-state index contributed by atoms with van der Waals surface area (Å²) < 4.78 is 5.70. The quantitative estimate of drug-likeness (QED) is 0.217. The van der Waals surface area contributed by atoms with Crippen LogP contribution in [0.2, 0.25) is 0 Å². The van der Waals surface area contributed by atoms with Crippen molar-refractivity contribution in [3.63, 3.8) is 0 Å². The van der Waals surface area contributed by atoms with Crippen LogP contribution in [0.3, 0.4) is 0 Å². The lowest BCUT2D eigenvalue weighted by atomic mass is 10.1. The van der Waals surface area contributed by atoms with E-state index in [0.717, 1.165) is 51.3 Å². The van der Waals surface area contributed by atoms with Gasteiger partial charge >= 0.3 is 0 Å². The minimum atomic E-state index is 0. The fourth-order valence-electron chi connectivity index (χ4n) is 2.66. The molecule has 0 saturated heterocycles. The van der Waals surface area contributed by atoms with Crippen LogP contribution in [0.1, 0.15) is 30.4 Å². The van der Waals surface area contributed by atoms with Crippen LogP contribution < -0.4 is 10.6 Å². The van der Waals surface area contributed by atoms with E-state index in [4.69, 9.17) is 4.74 Å². The number of guanidine groups is 1. The van der Waals surface area contributed by atoms with Crippen LogP contribution in [0.5, 0.6) is 0 Å². The molecule has 0 amide bonds. The maximum absolute atomic E-state index is 5.70. The van der Waals surface area contributed by atoms with Crippen LogP contribution in [-0.2, 0) is 17.8 Å². The van der Waals surface area contributed by atoms with Gasteiger partial charge in [-0.2, -0.15) is 0 Å². The third kappa shape index (κ3) is 11.0. The molecule has 0 aliphatic carbocycles. The van der Waals surface area contributed by atoms with Crippen molar-refractivity contribution in [2.75, 3.05) is 26.7 Å². The van der Waals surface area contributed by atoms with Gasteiger partial charge in [-0.05, 0) is 36.8 Å². The number of rotatable bonds is 11. The zero-order valence-corrected chi connectivity index (χ0v) is 18.5. The van der Waals surface area contributed by atoms with Gasteiger partial charge in [0.2, 0.25) is 0 Å². The minimum absolute atomic E-state index is 0. The molecule has 148 valence electrons. The third-order valence-corrected chi connectivity index (χ3v) is 4.12. The summed E-state index contributed by atoms with van der Waals surface area (Å²) in [6.45, 7) is 3.32. The summed E-state index contributed by atoms with van der Waals surface area (Å²) in [7, 11) is 1.81. The normalized spacial score (nSPS) is 10.9. The molecule has 0 saturated carbocycles. The van der Waals surface area contributed by atoms with E-state index >= 15 is 0 Å². The number of aryl methyl sites for hydroxylation is 1. The largest absolute Gasteiger partial charge is 0.377 e. The van der Waals surface area contributed by atoms with Crippen LogP contribution in [-0.4, -0.2) is 32.7 Å². The number of hydrogen-bond donors (Lipinski definition) is 2.